The van der Waals surface area contributed by atoms with Gasteiger partial charge in [-0.1, -0.05) is 29.8 Å². The first-order valence-corrected chi connectivity index (χ1v) is 11.0. The minimum absolute atomic E-state index is 0.108. The van der Waals surface area contributed by atoms with Gasteiger partial charge in [-0.05, 0) is 67.1 Å². The van der Waals surface area contributed by atoms with E-state index in [1.165, 1.54) is 23.9 Å². The first kappa shape index (κ1) is 23.4. The number of benzene rings is 3. The molecule has 0 saturated carbocycles. The van der Waals surface area contributed by atoms with Gasteiger partial charge in [0.15, 0.2) is 0 Å². The number of hydrogen-bond acceptors (Lipinski definition) is 4. The number of nitrogens with one attached hydrogen (secondary N) is 2. The molecule has 0 fully saturated rings. The van der Waals surface area contributed by atoms with Gasteiger partial charge >= 0.3 is 5.97 Å². The molecule has 0 radical (unpaired) electrons. The largest absolute Gasteiger partial charge is 0.478 e. The molecular weight excluding hydrogens is 448 g/mol. The third-order valence-electron chi connectivity index (χ3n) is 4.48. The fraction of sp³-hybridized carbons (Fsp3) is 0.125. The third-order valence-corrected chi connectivity index (χ3v) is 5.84. The van der Waals surface area contributed by atoms with E-state index >= 15 is 0 Å². The molecule has 2 amide bonds. The lowest BCUT2D eigenvalue weighted by Crippen LogP contribution is -2.22. The summed E-state index contributed by atoms with van der Waals surface area (Å²) in [6.45, 7) is 1.77. The van der Waals surface area contributed by atoms with Crippen molar-refractivity contribution in [2.75, 3.05) is 10.6 Å². The highest BCUT2D eigenvalue weighted by atomic mass is 35.5. The van der Waals surface area contributed by atoms with Gasteiger partial charge in [-0.15, -0.1) is 11.8 Å². The van der Waals surface area contributed by atoms with Crippen molar-refractivity contribution in [1.82, 2.24) is 0 Å². The Kier molecular flexibility index (Phi) is 7.92. The van der Waals surface area contributed by atoms with Gasteiger partial charge in [0.05, 0.1) is 17.2 Å². The summed E-state index contributed by atoms with van der Waals surface area (Å²) in [5, 5.41) is 14.9. The van der Waals surface area contributed by atoms with Gasteiger partial charge in [-0.25, -0.2) is 4.79 Å². The van der Waals surface area contributed by atoms with Crippen LogP contribution in [0.15, 0.2) is 77.7 Å². The lowest BCUT2D eigenvalue weighted by Gasteiger charge is -2.13. The molecular formula is C24H21ClN2O4S. The van der Waals surface area contributed by atoms with Crippen molar-refractivity contribution in [1.29, 1.82) is 0 Å². The molecule has 0 aliphatic heterocycles. The number of rotatable bonds is 8. The van der Waals surface area contributed by atoms with Gasteiger partial charge in [0.1, 0.15) is 0 Å². The number of carbonyl (C=O) groups is 3. The van der Waals surface area contributed by atoms with Gasteiger partial charge in [-0.3, -0.25) is 9.59 Å². The Morgan fingerprint density at radius 2 is 1.62 bits per heavy atom. The summed E-state index contributed by atoms with van der Waals surface area (Å²) < 4.78 is 0. The molecule has 32 heavy (non-hydrogen) atoms. The zero-order valence-electron chi connectivity index (χ0n) is 17.2. The summed E-state index contributed by atoms with van der Waals surface area (Å²) in [5.74, 6) is -1.43. The molecule has 0 aromatic heterocycles. The van der Waals surface area contributed by atoms with E-state index in [0.29, 0.717) is 16.4 Å². The Morgan fingerprint density at radius 1 is 0.938 bits per heavy atom. The van der Waals surface area contributed by atoms with E-state index in [4.69, 9.17) is 16.7 Å². The van der Waals surface area contributed by atoms with Gasteiger partial charge in [0.25, 0.3) is 0 Å². The summed E-state index contributed by atoms with van der Waals surface area (Å²) in [7, 11) is 0. The molecule has 3 rings (SSSR count). The number of carboxylic acid groups (broad SMARTS) is 1. The number of carbonyl (C=O) groups excluding carboxylic acids is 2. The SMILES string of the molecule is CC(Sc1ccc(NC(=O)Cc2ccc(Cl)cc2)cc1)C(=O)Nc1cccc(C(=O)O)c1. The molecule has 3 N–H and O–H groups in total. The second-order valence-corrected chi connectivity index (χ2v) is 8.86. The quantitative estimate of drug-likeness (QED) is 0.388. The highest BCUT2D eigenvalue weighted by molar-refractivity contribution is 8.00. The number of carboxylic acids is 1. The van der Waals surface area contributed by atoms with E-state index in [1.54, 1.807) is 43.3 Å². The van der Waals surface area contributed by atoms with Crippen LogP contribution in [0.4, 0.5) is 11.4 Å². The highest BCUT2D eigenvalue weighted by Crippen LogP contribution is 2.26. The summed E-state index contributed by atoms with van der Waals surface area (Å²) in [6.07, 6.45) is 0.244. The lowest BCUT2D eigenvalue weighted by atomic mass is 10.1. The molecule has 3 aromatic rings. The molecule has 1 unspecified atom stereocenters. The zero-order chi connectivity index (χ0) is 23.1. The van der Waals surface area contributed by atoms with E-state index in [-0.39, 0.29) is 23.8 Å². The van der Waals surface area contributed by atoms with Gasteiger partial charge in [-0.2, -0.15) is 0 Å². The zero-order valence-corrected chi connectivity index (χ0v) is 18.7. The Hall–Kier alpha value is -3.29. The number of halogens is 1. The average molecular weight is 469 g/mol. The van der Waals surface area contributed by atoms with Gasteiger partial charge < -0.3 is 15.7 Å². The molecule has 0 saturated heterocycles. The van der Waals surface area contributed by atoms with E-state index in [9.17, 15) is 14.4 Å². The molecule has 8 heteroatoms. The van der Waals surface area contributed by atoms with Crippen LogP contribution in [0, 0.1) is 0 Å². The van der Waals surface area contributed by atoms with Crippen LogP contribution in [0.5, 0.6) is 0 Å². The van der Waals surface area contributed by atoms with E-state index in [2.05, 4.69) is 10.6 Å². The maximum absolute atomic E-state index is 12.5. The molecule has 3 aromatic carbocycles. The van der Waals surface area contributed by atoms with Crippen LogP contribution in [0.25, 0.3) is 0 Å². The minimum Gasteiger partial charge on any atom is -0.478 e. The maximum atomic E-state index is 12.5. The fourth-order valence-corrected chi connectivity index (χ4v) is 3.83. The number of aromatic carboxylic acids is 1. The van der Waals surface area contributed by atoms with E-state index < -0.39 is 11.2 Å². The predicted octanol–water partition coefficient (Wildman–Crippen LogP) is 5.34. The monoisotopic (exact) mass is 468 g/mol. The van der Waals surface area contributed by atoms with Gasteiger partial charge in [0, 0.05) is 21.3 Å². The van der Waals surface area contributed by atoms with Crippen molar-refractivity contribution in [3.8, 4) is 0 Å². The van der Waals surface area contributed by atoms with Crippen LogP contribution < -0.4 is 10.6 Å². The van der Waals surface area contributed by atoms with Crippen molar-refractivity contribution < 1.29 is 19.5 Å². The fourth-order valence-electron chi connectivity index (χ4n) is 2.84. The van der Waals surface area contributed by atoms with Crippen LogP contribution in [-0.2, 0) is 16.0 Å². The number of amides is 2. The van der Waals surface area contributed by atoms with Crippen LogP contribution >= 0.6 is 23.4 Å². The molecule has 6 nitrogen and oxygen atoms in total. The van der Waals surface area contributed by atoms with Crippen molar-refractivity contribution in [3.05, 3.63) is 88.9 Å². The smallest absolute Gasteiger partial charge is 0.335 e. The van der Waals surface area contributed by atoms with E-state index in [1.807, 2.05) is 24.3 Å². The van der Waals surface area contributed by atoms with Crippen molar-refractivity contribution in [3.63, 3.8) is 0 Å². The van der Waals surface area contributed by atoms with Gasteiger partial charge in [0.2, 0.25) is 11.8 Å². The summed E-state index contributed by atoms with van der Waals surface area (Å²) in [5.41, 5.74) is 2.07. The standard InChI is InChI=1S/C24H21ClN2O4S/c1-15(23(29)27-20-4-2-3-17(14-20)24(30)31)32-21-11-9-19(10-12-21)26-22(28)13-16-5-7-18(25)8-6-16/h2-12,14-15H,13H2,1H3,(H,26,28)(H,27,29)(H,30,31). The molecule has 0 heterocycles. The first-order valence-electron chi connectivity index (χ1n) is 9.75. The minimum atomic E-state index is -1.05. The lowest BCUT2D eigenvalue weighted by molar-refractivity contribution is -0.116. The van der Waals surface area contributed by atoms with Crippen molar-refractivity contribution >= 4 is 52.5 Å². The number of anilines is 2. The Morgan fingerprint density at radius 3 is 2.28 bits per heavy atom. The second kappa shape index (κ2) is 10.8. The normalized spacial score (nSPS) is 11.4. The Bertz CT molecular complexity index is 1120. The summed E-state index contributed by atoms with van der Waals surface area (Å²) >= 11 is 7.22. The summed E-state index contributed by atoms with van der Waals surface area (Å²) in [6, 6.07) is 20.4. The molecule has 0 aliphatic carbocycles. The Balaban J connectivity index is 1.52. The van der Waals surface area contributed by atoms with Crippen molar-refractivity contribution in [2.45, 2.75) is 23.5 Å². The first-order chi connectivity index (χ1) is 15.3. The maximum Gasteiger partial charge on any atom is 0.335 e. The summed E-state index contributed by atoms with van der Waals surface area (Å²) in [4.78, 5) is 36.6. The molecule has 164 valence electrons. The average Bonchev–Trinajstić information content (AvgIpc) is 2.77. The van der Waals surface area contributed by atoms with E-state index in [0.717, 1.165) is 10.5 Å². The molecule has 1 atom stereocenters. The van der Waals surface area contributed by atoms with Crippen LogP contribution in [0.1, 0.15) is 22.8 Å². The van der Waals surface area contributed by atoms with Crippen LogP contribution in [0.3, 0.4) is 0 Å². The van der Waals surface area contributed by atoms with Crippen LogP contribution in [0.2, 0.25) is 5.02 Å². The highest BCUT2D eigenvalue weighted by Gasteiger charge is 2.15. The number of thioether (sulfide) groups is 1. The topological polar surface area (TPSA) is 95.5 Å². The number of hydrogen-bond donors (Lipinski definition) is 3. The Labute approximate surface area is 195 Å². The third kappa shape index (κ3) is 6.87. The van der Waals surface area contributed by atoms with Crippen LogP contribution in [-0.4, -0.2) is 28.1 Å². The molecule has 0 spiro atoms. The second-order valence-electron chi connectivity index (χ2n) is 7.01. The van der Waals surface area contributed by atoms with Crippen molar-refractivity contribution in [2.24, 2.45) is 0 Å². The predicted molar refractivity (Wildman–Crippen MR) is 128 cm³/mol. The molecule has 0 aliphatic rings. The molecule has 0 bridgehead atoms.